The summed E-state index contributed by atoms with van der Waals surface area (Å²) in [5.74, 6) is 0. The third kappa shape index (κ3) is 6.90. The first kappa shape index (κ1) is 39.4. The van der Waals surface area contributed by atoms with Gasteiger partial charge in [0.15, 0.2) is 0 Å². The number of benzene rings is 11. The van der Waals surface area contributed by atoms with Crippen LogP contribution >= 0.6 is 0 Å². The molecule has 2 heterocycles. The molecule has 0 aliphatic carbocycles. The first-order valence-electron chi connectivity index (χ1n) is 23.4. The molecule has 0 saturated carbocycles. The van der Waals surface area contributed by atoms with Gasteiger partial charge in [-0.15, -0.1) is 0 Å². The summed E-state index contributed by atoms with van der Waals surface area (Å²) in [5.41, 5.74) is 21.5. The van der Waals surface area contributed by atoms with Crippen molar-refractivity contribution in [2.75, 3.05) is 0 Å². The van der Waals surface area contributed by atoms with E-state index in [0.29, 0.717) is 0 Å². The molecule has 0 aliphatic rings. The minimum atomic E-state index is 1.14. The van der Waals surface area contributed by atoms with Crippen LogP contribution < -0.4 is 0 Å². The molecular formula is C66H44N2. The maximum Gasteiger partial charge on any atom is 0.0541 e. The number of rotatable bonds is 8. The summed E-state index contributed by atoms with van der Waals surface area (Å²) in [4.78, 5) is 0. The lowest BCUT2D eigenvalue weighted by atomic mass is 9.94. The lowest BCUT2D eigenvalue weighted by Crippen LogP contribution is -1.96. The Morgan fingerprint density at radius 1 is 0.162 bits per heavy atom. The minimum Gasteiger partial charge on any atom is -0.309 e. The molecule has 68 heavy (non-hydrogen) atoms. The monoisotopic (exact) mass is 864 g/mol. The summed E-state index contributed by atoms with van der Waals surface area (Å²) in [6.07, 6.45) is 0. The average Bonchev–Trinajstić information content (AvgIpc) is 3.94. The molecule has 0 unspecified atom stereocenters. The molecule has 13 aromatic rings. The molecule has 0 aliphatic heterocycles. The highest BCUT2D eigenvalue weighted by molar-refractivity contribution is 6.12. The molecule has 0 fully saturated rings. The van der Waals surface area contributed by atoms with Crippen LogP contribution in [0.2, 0.25) is 0 Å². The van der Waals surface area contributed by atoms with Crippen molar-refractivity contribution in [3.63, 3.8) is 0 Å². The molecule has 0 bridgehead atoms. The zero-order valence-electron chi connectivity index (χ0n) is 37.3. The van der Waals surface area contributed by atoms with Crippen LogP contribution in [0.5, 0.6) is 0 Å². The molecule has 13 rings (SSSR count). The van der Waals surface area contributed by atoms with Crippen molar-refractivity contribution < 1.29 is 0 Å². The third-order valence-electron chi connectivity index (χ3n) is 13.7. The quantitative estimate of drug-likeness (QED) is 0.144. The number of hydrogen-bond acceptors (Lipinski definition) is 0. The molecule has 11 aromatic carbocycles. The molecule has 2 heteroatoms. The number of aromatic nitrogens is 2. The van der Waals surface area contributed by atoms with Gasteiger partial charge in [-0.3, -0.25) is 0 Å². The molecule has 0 N–H and O–H groups in total. The fourth-order valence-corrected chi connectivity index (χ4v) is 10.4. The van der Waals surface area contributed by atoms with E-state index in [9.17, 15) is 0 Å². The summed E-state index contributed by atoms with van der Waals surface area (Å²) >= 11 is 0. The van der Waals surface area contributed by atoms with E-state index in [0.717, 1.165) is 5.69 Å². The number of para-hydroxylation sites is 3. The van der Waals surface area contributed by atoms with E-state index >= 15 is 0 Å². The number of fused-ring (bicyclic) bond motifs is 6. The van der Waals surface area contributed by atoms with Crippen LogP contribution in [0.15, 0.2) is 267 Å². The van der Waals surface area contributed by atoms with E-state index in [1.807, 2.05) is 0 Å². The van der Waals surface area contributed by atoms with Gasteiger partial charge in [0.25, 0.3) is 0 Å². The van der Waals surface area contributed by atoms with Crippen LogP contribution in [0.3, 0.4) is 0 Å². The smallest absolute Gasteiger partial charge is 0.0541 e. The molecule has 2 nitrogen and oxygen atoms in total. The highest BCUT2D eigenvalue weighted by Crippen LogP contribution is 2.40. The van der Waals surface area contributed by atoms with Crippen LogP contribution in [0.4, 0.5) is 0 Å². The predicted octanol–water partition coefficient (Wildman–Crippen LogP) is 17.9. The van der Waals surface area contributed by atoms with E-state index in [1.54, 1.807) is 0 Å². The molecule has 0 atom stereocenters. The molecule has 318 valence electrons. The number of nitrogens with zero attached hydrogens (tertiary/aromatic N) is 2. The van der Waals surface area contributed by atoms with Crippen molar-refractivity contribution in [1.82, 2.24) is 9.13 Å². The van der Waals surface area contributed by atoms with E-state index in [1.165, 1.54) is 116 Å². The second-order valence-corrected chi connectivity index (χ2v) is 17.7. The number of hydrogen-bond donors (Lipinski definition) is 0. The minimum absolute atomic E-state index is 1.14. The Bertz CT molecular complexity index is 3950. The summed E-state index contributed by atoms with van der Waals surface area (Å²) in [5, 5.41) is 4.98. The van der Waals surface area contributed by atoms with Gasteiger partial charge in [0.05, 0.1) is 22.1 Å². The van der Waals surface area contributed by atoms with Crippen molar-refractivity contribution >= 4 is 43.6 Å². The van der Waals surface area contributed by atoms with Gasteiger partial charge >= 0.3 is 0 Å². The Kier molecular flexibility index (Phi) is 9.54. The van der Waals surface area contributed by atoms with E-state index in [2.05, 4.69) is 276 Å². The van der Waals surface area contributed by atoms with Crippen LogP contribution in [-0.2, 0) is 0 Å². The van der Waals surface area contributed by atoms with Crippen LogP contribution in [0.25, 0.3) is 122 Å². The van der Waals surface area contributed by atoms with Gasteiger partial charge in [0.2, 0.25) is 0 Å². The largest absolute Gasteiger partial charge is 0.309 e. The first-order valence-corrected chi connectivity index (χ1v) is 23.4. The normalized spacial score (nSPS) is 11.5. The zero-order chi connectivity index (χ0) is 45.0. The average molecular weight is 865 g/mol. The SMILES string of the molecule is c1ccc(-c2cc(-c3ccccc3)cc(-n3c4ccccc4c4cc(-c5cccc(-c6cccc(-c7cccc(-c8ccc9c(c8)c8ccccc8n9-c8ccccc8)c7)c6)c5)ccc43)c2)cc1. The Labute approximate surface area is 395 Å². The molecular weight excluding hydrogens is 821 g/mol. The van der Waals surface area contributed by atoms with Crippen LogP contribution in [-0.4, -0.2) is 9.13 Å². The fraction of sp³-hybridized carbons (Fsp3) is 0. The van der Waals surface area contributed by atoms with E-state index < -0.39 is 0 Å². The van der Waals surface area contributed by atoms with Crippen LogP contribution in [0.1, 0.15) is 0 Å². The van der Waals surface area contributed by atoms with Gasteiger partial charge in [-0.25, -0.2) is 0 Å². The van der Waals surface area contributed by atoms with Crippen molar-refractivity contribution in [1.29, 1.82) is 0 Å². The lowest BCUT2D eigenvalue weighted by molar-refractivity contribution is 1.18. The van der Waals surface area contributed by atoms with Crippen molar-refractivity contribution in [3.8, 4) is 78.1 Å². The predicted molar refractivity (Wildman–Crippen MR) is 288 cm³/mol. The highest BCUT2D eigenvalue weighted by Gasteiger charge is 2.17. The standard InChI is InChI=1S/C66H44N2/c1-4-17-45(18-5-1)55-40-56(46-19-6-2-7-20-46)42-58(41-55)68-64-32-13-11-30-60(64)62-44-54(34-36-66(62)68)52-26-16-24-50(39-52)48-22-14-21-47(37-48)49-23-15-25-51(38-49)53-33-35-65-61(43-53)59-29-10-12-31-63(59)67(65)57-27-8-3-9-28-57/h1-44H. The summed E-state index contributed by atoms with van der Waals surface area (Å²) in [7, 11) is 0. The Balaban J connectivity index is 0.851. The maximum atomic E-state index is 2.44. The van der Waals surface area contributed by atoms with Crippen LogP contribution in [0, 0.1) is 0 Å². The Hall–Kier alpha value is -8.98. The van der Waals surface area contributed by atoms with E-state index in [4.69, 9.17) is 0 Å². The van der Waals surface area contributed by atoms with E-state index in [-0.39, 0.29) is 0 Å². The van der Waals surface area contributed by atoms with Gasteiger partial charge in [-0.1, -0.05) is 182 Å². The summed E-state index contributed by atoms with van der Waals surface area (Å²) in [6, 6.07) is 97.4. The molecule has 0 radical (unpaired) electrons. The Morgan fingerprint density at radius 2 is 0.471 bits per heavy atom. The summed E-state index contributed by atoms with van der Waals surface area (Å²) < 4.78 is 4.81. The third-order valence-corrected chi connectivity index (χ3v) is 13.7. The highest BCUT2D eigenvalue weighted by atomic mass is 15.0. The fourth-order valence-electron chi connectivity index (χ4n) is 10.4. The second-order valence-electron chi connectivity index (χ2n) is 17.7. The van der Waals surface area contributed by atoms with Gasteiger partial charge in [0.1, 0.15) is 0 Å². The van der Waals surface area contributed by atoms with Crippen molar-refractivity contribution in [2.45, 2.75) is 0 Å². The van der Waals surface area contributed by atoms with Crippen molar-refractivity contribution in [2.24, 2.45) is 0 Å². The summed E-state index contributed by atoms with van der Waals surface area (Å²) in [6.45, 7) is 0. The lowest BCUT2D eigenvalue weighted by Gasteiger charge is -2.14. The van der Waals surface area contributed by atoms with Gasteiger partial charge in [-0.05, 0) is 152 Å². The van der Waals surface area contributed by atoms with Gasteiger partial charge < -0.3 is 9.13 Å². The molecule has 0 saturated heterocycles. The second kappa shape index (κ2) is 16.5. The molecule has 0 spiro atoms. The molecule has 2 aromatic heterocycles. The first-order chi connectivity index (χ1) is 33.7. The van der Waals surface area contributed by atoms with Crippen molar-refractivity contribution in [3.05, 3.63) is 267 Å². The topological polar surface area (TPSA) is 9.86 Å². The zero-order valence-corrected chi connectivity index (χ0v) is 37.3. The maximum absolute atomic E-state index is 2.44. The molecule has 0 amide bonds. The Morgan fingerprint density at radius 3 is 0.897 bits per heavy atom. The van der Waals surface area contributed by atoms with Gasteiger partial charge in [-0.2, -0.15) is 0 Å². The van der Waals surface area contributed by atoms with Gasteiger partial charge in [0, 0.05) is 32.9 Å².